The lowest BCUT2D eigenvalue weighted by Gasteiger charge is -2.10. The van der Waals surface area contributed by atoms with E-state index in [2.05, 4.69) is 22.6 Å². The van der Waals surface area contributed by atoms with E-state index in [0.29, 0.717) is 11.5 Å². The van der Waals surface area contributed by atoms with Gasteiger partial charge in [0, 0.05) is 23.7 Å². The van der Waals surface area contributed by atoms with Crippen LogP contribution in [0, 0.1) is 0 Å². The van der Waals surface area contributed by atoms with Gasteiger partial charge in [-0.1, -0.05) is 19.1 Å². The Morgan fingerprint density at radius 3 is 2.65 bits per heavy atom. The van der Waals surface area contributed by atoms with Gasteiger partial charge in [0.05, 0.1) is 5.56 Å². The van der Waals surface area contributed by atoms with Crippen LogP contribution < -0.4 is 0 Å². The van der Waals surface area contributed by atoms with Crippen LogP contribution in [0.15, 0.2) is 35.4 Å². The number of hydrogen-bond acceptors (Lipinski definition) is 3. The van der Waals surface area contributed by atoms with E-state index in [1.807, 2.05) is 25.1 Å². The molecule has 0 fully saturated rings. The predicted octanol–water partition coefficient (Wildman–Crippen LogP) is 4.51. The number of pyridine rings is 1. The SMILES string of the molecule is CCc1c(S)cccc1-c1nc2cc(C(F)(F)F)cnc2n1C. The molecule has 3 nitrogen and oxygen atoms in total. The smallest absolute Gasteiger partial charge is 0.312 e. The fraction of sp³-hybridized carbons (Fsp3) is 0.250. The maximum absolute atomic E-state index is 12.8. The first kappa shape index (κ1) is 15.9. The number of nitrogens with zero attached hydrogens (tertiary/aromatic N) is 3. The van der Waals surface area contributed by atoms with Crippen LogP contribution >= 0.6 is 12.6 Å². The van der Waals surface area contributed by atoms with E-state index in [1.165, 1.54) is 0 Å². The Kier molecular flexibility index (Phi) is 3.83. The Hall–Kier alpha value is -2.02. The number of fused-ring (bicyclic) bond motifs is 1. The summed E-state index contributed by atoms with van der Waals surface area (Å²) >= 11 is 4.45. The third-order valence-corrected chi connectivity index (χ3v) is 4.20. The summed E-state index contributed by atoms with van der Waals surface area (Å²) in [5.41, 5.74) is 1.70. The molecule has 120 valence electrons. The van der Waals surface area contributed by atoms with Crippen molar-refractivity contribution in [3.63, 3.8) is 0 Å². The molecule has 3 rings (SSSR count). The topological polar surface area (TPSA) is 30.7 Å². The van der Waals surface area contributed by atoms with Gasteiger partial charge in [0.25, 0.3) is 0 Å². The molecule has 1 aromatic carbocycles. The van der Waals surface area contributed by atoms with Gasteiger partial charge in [0.2, 0.25) is 0 Å². The van der Waals surface area contributed by atoms with Crippen molar-refractivity contribution >= 4 is 23.8 Å². The van der Waals surface area contributed by atoms with Gasteiger partial charge in [0.1, 0.15) is 11.3 Å². The second-order valence-corrected chi connectivity index (χ2v) is 5.70. The van der Waals surface area contributed by atoms with Crippen LogP contribution in [0.2, 0.25) is 0 Å². The summed E-state index contributed by atoms with van der Waals surface area (Å²) in [6, 6.07) is 6.66. The number of imidazole rings is 1. The van der Waals surface area contributed by atoms with Gasteiger partial charge in [-0.05, 0) is 24.1 Å². The molecule has 3 aromatic rings. The predicted molar refractivity (Wildman–Crippen MR) is 85.6 cm³/mol. The lowest BCUT2D eigenvalue weighted by atomic mass is 10.0. The average Bonchev–Trinajstić information content (AvgIpc) is 2.82. The number of benzene rings is 1. The first-order valence-electron chi connectivity index (χ1n) is 7.03. The van der Waals surface area contributed by atoms with Crippen molar-refractivity contribution in [1.82, 2.24) is 14.5 Å². The minimum absolute atomic E-state index is 0.226. The molecule has 2 aromatic heterocycles. The van der Waals surface area contributed by atoms with Crippen molar-refractivity contribution in [2.75, 3.05) is 0 Å². The zero-order valence-corrected chi connectivity index (χ0v) is 13.4. The minimum atomic E-state index is -4.43. The van der Waals surface area contributed by atoms with Gasteiger partial charge in [0.15, 0.2) is 5.65 Å². The minimum Gasteiger partial charge on any atom is -0.312 e. The maximum atomic E-state index is 12.8. The van der Waals surface area contributed by atoms with E-state index in [-0.39, 0.29) is 5.52 Å². The van der Waals surface area contributed by atoms with E-state index < -0.39 is 11.7 Å². The Labute approximate surface area is 136 Å². The Morgan fingerprint density at radius 1 is 1.26 bits per heavy atom. The number of halogens is 3. The van der Waals surface area contributed by atoms with Gasteiger partial charge in [-0.15, -0.1) is 12.6 Å². The van der Waals surface area contributed by atoms with Crippen LogP contribution in [0.5, 0.6) is 0 Å². The Morgan fingerprint density at radius 2 is 2.00 bits per heavy atom. The summed E-state index contributed by atoms with van der Waals surface area (Å²) < 4.78 is 40.2. The highest BCUT2D eigenvalue weighted by molar-refractivity contribution is 7.80. The molecule has 0 aliphatic heterocycles. The van der Waals surface area contributed by atoms with Crippen molar-refractivity contribution in [3.05, 3.63) is 41.6 Å². The van der Waals surface area contributed by atoms with E-state index in [9.17, 15) is 13.2 Å². The Bertz CT molecular complexity index is 884. The first-order valence-corrected chi connectivity index (χ1v) is 7.48. The molecule has 0 N–H and O–H groups in total. The van der Waals surface area contributed by atoms with Crippen molar-refractivity contribution in [2.45, 2.75) is 24.4 Å². The monoisotopic (exact) mass is 337 g/mol. The van der Waals surface area contributed by atoms with Crippen molar-refractivity contribution in [1.29, 1.82) is 0 Å². The molecule has 0 radical (unpaired) electrons. The zero-order valence-electron chi connectivity index (χ0n) is 12.5. The first-order chi connectivity index (χ1) is 10.8. The maximum Gasteiger partial charge on any atom is 0.417 e. The summed E-state index contributed by atoms with van der Waals surface area (Å²) in [5, 5.41) is 0. The molecule has 0 aliphatic carbocycles. The summed E-state index contributed by atoms with van der Waals surface area (Å²) in [4.78, 5) is 9.14. The van der Waals surface area contributed by atoms with Crippen LogP contribution in [-0.4, -0.2) is 14.5 Å². The van der Waals surface area contributed by atoms with E-state index in [4.69, 9.17) is 0 Å². The fourth-order valence-corrected chi connectivity index (χ4v) is 2.99. The second-order valence-electron chi connectivity index (χ2n) is 5.22. The van der Waals surface area contributed by atoms with Crippen LogP contribution in [0.25, 0.3) is 22.6 Å². The van der Waals surface area contributed by atoms with Crippen molar-refractivity contribution in [3.8, 4) is 11.4 Å². The van der Waals surface area contributed by atoms with E-state index >= 15 is 0 Å². The van der Waals surface area contributed by atoms with E-state index in [1.54, 1.807) is 11.6 Å². The molecule has 0 unspecified atom stereocenters. The Balaban J connectivity index is 2.24. The van der Waals surface area contributed by atoms with Gasteiger partial charge in [-0.2, -0.15) is 13.2 Å². The molecule has 0 aliphatic rings. The largest absolute Gasteiger partial charge is 0.417 e. The van der Waals surface area contributed by atoms with E-state index in [0.717, 1.165) is 34.7 Å². The van der Waals surface area contributed by atoms with Crippen LogP contribution in [0.3, 0.4) is 0 Å². The van der Waals surface area contributed by atoms with Gasteiger partial charge >= 0.3 is 6.18 Å². The molecule has 0 saturated heterocycles. The van der Waals surface area contributed by atoms with Crippen LogP contribution in [0.1, 0.15) is 18.1 Å². The molecule has 0 amide bonds. The molecule has 7 heteroatoms. The average molecular weight is 337 g/mol. The number of aromatic nitrogens is 3. The highest BCUT2D eigenvalue weighted by Crippen LogP contribution is 2.33. The van der Waals surface area contributed by atoms with Crippen LogP contribution in [-0.2, 0) is 19.6 Å². The number of alkyl halides is 3. The number of rotatable bonds is 2. The highest BCUT2D eigenvalue weighted by Gasteiger charge is 2.31. The highest BCUT2D eigenvalue weighted by atomic mass is 32.1. The lowest BCUT2D eigenvalue weighted by molar-refractivity contribution is -0.137. The van der Waals surface area contributed by atoms with Crippen molar-refractivity contribution < 1.29 is 13.2 Å². The molecule has 0 saturated carbocycles. The lowest BCUT2D eigenvalue weighted by Crippen LogP contribution is -2.05. The van der Waals surface area contributed by atoms with Crippen molar-refractivity contribution in [2.24, 2.45) is 7.05 Å². The normalized spacial score (nSPS) is 12.1. The third-order valence-electron chi connectivity index (χ3n) is 3.78. The van der Waals surface area contributed by atoms with Gasteiger partial charge in [-0.3, -0.25) is 0 Å². The second kappa shape index (κ2) is 5.56. The standard InChI is InChI=1S/C16H14F3N3S/c1-3-10-11(5-4-6-13(10)23)14-21-12-7-9(16(17,18)19)8-20-15(12)22(14)2/h4-8,23H,3H2,1-2H3. The molecular weight excluding hydrogens is 323 g/mol. The molecule has 2 heterocycles. The summed E-state index contributed by atoms with van der Waals surface area (Å²) in [6.45, 7) is 2.00. The number of thiol groups is 1. The molecular formula is C16H14F3N3S. The third kappa shape index (κ3) is 2.69. The summed E-state index contributed by atoms with van der Waals surface area (Å²) in [7, 11) is 1.75. The molecule has 0 bridgehead atoms. The fourth-order valence-electron chi connectivity index (χ4n) is 2.63. The number of aryl methyl sites for hydroxylation is 1. The molecule has 23 heavy (non-hydrogen) atoms. The van der Waals surface area contributed by atoms with Crippen LogP contribution in [0.4, 0.5) is 13.2 Å². The molecule has 0 spiro atoms. The summed E-state index contributed by atoms with van der Waals surface area (Å²) in [6.07, 6.45) is -2.85. The molecule has 0 atom stereocenters. The zero-order chi connectivity index (χ0) is 16.8. The van der Waals surface area contributed by atoms with Gasteiger partial charge < -0.3 is 4.57 Å². The summed E-state index contributed by atoms with van der Waals surface area (Å²) in [5.74, 6) is 0.583. The quantitative estimate of drug-likeness (QED) is 0.698. The van der Waals surface area contributed by atoms with Gasteiger partial charge in [-0.25, -0.2) is 9.97 Å². The number of hydrogen-bond donors (Lipinski definition) is 1.